The first kappa shape index (κ1) is 19.3. The van der Waals surface area contributed by atoms with Gasteiger partial charge in [0.25, 0.3) is 0 Å². The Morgan fingerprint density at radius 1 is 0.818 bits per heavy atom. The Balaban J connectivity index is 3.95. The van der Waals surface area contributed by atoms with E-state index in [1.807, 2.05) is 0 Å². The van der Waals surface area contributed by atoms with Crippen molar-refractivity contribution in [1.29, 1.82) is 0 Å². The summed E-state index contributed by atoms with van der Waals surface area (Å²) < 4.78 is 0.454. The minimum atomic E-state index is -0.0591. The van der Waals surface area contributed by atoms with E-state index >= 15 is 0 Å². The maximum absolute atomic E-state index is 11.2. The van der Waals surface area contributed by atoms with Crippen LogP contribution in [0.1, 0.15) is 84.6 Å². The second kappa shape index (κ2) is 6.02. The van der Waals surface area contributed by atoms with Crippen LogP contribution in [-0.2, 0) is 16.2 Å². The van der Waals surface area contributed by atoms with Crippen molar-refractivity contribution in [3.05, 3.63) is 39.6 Å². The molecule has 0 unspecified atom stereocenters. The average molecular weight is 366 g/mol. The Morgan fingerprint density at radius 2 is 1.18 bits per heavy atom. The third-order valence-electron chi connectivity index (χ3n) is 3.92. The molecule has 0 radical (unpaired) electrons. The summed E-state index contributed by atoms with van der Waals surface area (Å²) in [7, 11) is 0. The number of rotatable bonds is 1. The van der Waals surface area contributed by atoms with Gasteiger partial charge in [0.15, 0.2) is 0 Å². The number of hydrogen-bond acceptors (Lipinski definition) is 2. The molecule has 0 aliphatic carbocycles. The van der Waals surface area contributed by atoms with Crippen LogP contribution in [0.3, 0.4) is 0 Å². The molecule has 0 bridgehead atoms. The normalized spacial score (nSPS) is 14.3. The van der Waals surface area contributed by atoms with Gasteiger partial charge in [0.05, 0.1) is 0 Å². The van der Waals surface area contributed by atoms with Crippen molar-refractivity contribution in [3.8, 4) is 0 Å². The Bertz CT molecular complexity index is 546. The van der Waals surface area contributed by atoms with Crippen LogP contribution in [0.15, 0.2) is 17.3 Å². The molecule has 0 amide bonds. The molecule has 0 aliphatic heterocycles. The predicted molar refractivity (Wildman–Crippen MR) is 98.2 cm³/mol. The van der Waals surface area contributed by atoms with E-state index in [1.165, 1.54) is 16.7 Å². The Kier molecular flexibility index (Phi) is 5.27. The van der Waals surface area contributed by atoms with Gasteiger partial charge in [-0.3, -0.25) is 0 Å². The van der Waals surface area contributed by atoms with Crippen LogP contribution in [0.5, 0.6) is 0 Å². The zero-order chi connectivity index (χ0) is 17.5. The second-order valence-corrected chi connectivity index (χ2v) is 9.90. The van der Waals surface area contributed by atoms with E-state index in [0.717, 1.165) is 5.56 Å². The Labute approximate surface area is 144 Å². The van der Waals surface area contributed by atoms with E-state index in [4.69, 9.17) is 0 Å². The zero-order valence-electron chi connectivity index (χ0n) is 15.4. The van der Waals surface area contributed by atoms with Gasteiger partial charge in [0, 0.05) is 0 Å². The van der Waals surface area contributed by atoms with Crippen LogP contribution in [0.25, 0.3) is 0 Å². The molecule has 0 aliphatic rings. The first-order valence-corrected chi connectivity index (χ1v) is 8.62. The molecule has 1 rings (SSSR count). The molecule has 3 heteroatoms. The maximum atomic E-state index is 11.2. The van der Waals surface area contributed by atoms with Gasteiger partial charge in [-0.05, 0) is 0 Å². The van der Waals surface area contributed by atoms with E-state index in [0.29, 0.717) is 4.61 Å². The fourth-order valence-electron chi connectivity index (χ4n) is 2.53. The van der Waals surface area contributed by atoms with Gasteiger partial charge in [-0.1, -0.05) is 0 Å². The third kappa shape index (κ3) is 4.14. The topological polar surface area (TPSA) is 35.4 Å². The first-order chi connectivity index (χ1) is 9.69. The summed E-state index contributed by atoms with van der Waals surface area (Å²) in [6.45, 7) is 19.8. The van der Waals surface area contributed by atoms with Gasteiger partial charge in [0.2, 0.25) is 0 Å². The molecule has 124 valence electrons. The van der Waals surface area contributed by atoms with Gasteiger partial charge in [-0.15, -0.1) is 0 Å². The molecule has 22 heavy (non-hydrogen) atoms. The van der Waals surface area contributed by atoms with Crippen molar-refractivity contribution in [3.63, 3.8) is 0 Å². The molecule has 2 nitrogen and oxygen atoms in total. The number of hydrogen-bond donors (Lipinski definition) is 0. The van der Waals surface area contributed by atoms with Crippen molar-refractivity contribution >= 4 is 20.6 Å². The summed E-state index contributed by atoms with van der Waals surface area (Å²) in [5.74, 6) is 0. The van der Waals surface area contributed by atoms with E-state index in [1.54, 1.807) is 0 Å². The molecule has 1 aromatic carbocycles. The van der Waals surface area contributed by atoms with Crippen LogP contribution in [0.2, 0.25) is 0 Å². The van der Waals surface area contributed by atoms with Crippen molar-refractivity contribution in [1.82, 2.24) is 0 Å². The monoisotopic (exact) mass is 367 g/mol. The minimum absolute atomic E-state index is 0.0591. The summed E-state index contributed by atoms with van der Waals surface area (Å²) in [5, 5.41) is 14.4. The molecule has 0 atom stereocenters. The van der Waals surface area contributed by atoms with E-state index in [9.17, 15) is 5.21 Å². The summed E-state index contributed by atoms with van der Waals surface area (Å²) >= 11 is 2.86. The van der Waals surface area contributed by atoms with Crippen LogP contribution < -0.4 is 0 Å². The standard InChI is InChI=1S/C19H31NOSe/c1-17(2,3)12-10-13(18(4,5)6)15(16(22)20-21)14(11-12)19(7,8)9/h10-11,21H,1-9H3,(H,20,22)/p-2. The summed E-state index contributed by atoms with van der Waals surface area (Å²) in [5.41, 5.74) is 4.57. The molecule has 0 N–H and O–H groups in total. The molecule has 1 aromatic rings. The first-order valence-electron chi connectivity index (χ1n) is 7.77. The van der Waals surface area contributed by atoms with Gasteiger partial charge in [-0.25, -0.2) is 0 Å². The van der Waals surface area contributed by atoms with Crippen molar-refractivity contribution < 1.29 is 0 Å². The van der Waals surface area contributed by atoms with E-state index in [-0.39, 0.29) is 16.2 Å². The van der Waals surface area contributed by atoms with E-state index in [2.05, 4.69) is 95.6 Å². The van der Waals surface area contributed by atoms with Crippen LogP contribution in [-0.4, -0.2) is 20.6 Å². The number of nitrogens with zero attached hydrogens (tertiary/aromatic N) is 1. The summed E-state index contributed by atoms with van der Waals surface area (Å²) in [6.07, 6.45) is 0. The van der Waals surface area contributed by atoms with Crippen LogP contribution in [0.4, 0.5) is 0 Å². The number of benzene rings is 1. The fourth-order valence-corrected chi connectivity index (χ4v) is 3.00. The Morgan fingerprint density at radius 3 is 1.41 bits per heavy atom. The third-order valence-corrected chi connectivity index (χ3v) is 4.50. The van der Waals surface area contributed by atoms with Gasteiger partial charge < -0.3 is 0 Å². The van der Waals surface area contributed by atoms with Crippen molar-refractivity contribution in [2.45, 2.75) is 78.6 Å². The van der Waals surface area contributed by atoms with Gasteiger partial charge in [0.1, 0.15) is 0 Å². The molecule has 0 saturated carbocycles. The zero-order valence-corrected chi connectivity index (χ0v) is 17.1. The van der Waals surface area contributed by atoms with Gasteiger partial charge >= 0.3 is 144 Å². The van der Waals surface area contributed by atoms with Crippen LogP contribution >= 0.6 is 0 Å². The van der Waals surface area contributed by atoms with E-state index < -0.39 is 0 Å². The summed E-state index contributed by atoms with van der Waals surface area (Å²) in [4.78, 5) is 0. The van der Waals surface area contributed by atoms with Gasteiger partial charge in [-0.2, -0.15) is 0 Å². The molecular weight excluding hydrogens is 337 g/mol. The molecule has 0 heterocycles. The average Bonchev–Trinajstić information content (AvgIpc) is 2.33. The molecule has 0 saturated heterocycles. The molecule has 0 aromatic heterocycles. The summed E-state index contributed by atoms with van der Waals surface area (Å²) in [6, 6.07) is 4.49. The molecule has 0 fully saturated rings. The fraction of sp³-hybridized carbons (Fsp3) is 0.632. The van der Waals surface area contributed by atoms with Crippen molar-refractivity contribution in [2.75, 3.05) is 0 Å². The predicted octanol–water partition coefficient (Wildman–Crippen LogP) is 4.99. The Hall–Kier alpha value is -0.791. The SMILES string of the molecule is CC(C)(C)c1cc(C(C)(C)C)c(C([Se-])=N[O-])c(C(C)(C)C)c1. The second-order valence-electron chi connectivity index (χ2n) is 9.09. The van der Waals surface area contributed by atoms with Crippen LogP contribution in [0, 0.1) is 5.21 Å². The van der Waals surface area contributed by atoms with Crippen molar-refractivity contribution in [2.24, 2.45) is 5.16 Å². The quantitative estimate of drug-likeness (QED) is 0.392. The molecular formula is C19H29NOSe-2. The molecule has 0 spiro atoms.